The molecule has 2 saturated carbocycles. The Morgan fingerprint density at radius 1 is 1.12 bits per heavy atom. The van der Waals surface area contributed by atoms with E-state index in [1.807, 2.05) is 38.1 Å². The number of ether oxygens (including phenoxy) is 1. The zero-order valence-corrected chi connectivity index (χ0v) is 29.8. The number of hydrogen-bond acceptors (Lipinski definition) is 7. The van der Waals surface area contributed by atoms with Gasteiger partial charge in [0.2, 0.25) is 21.8 Å². The third-order valence-electron chi connectivity index (χ3n) is 10.0. The van der Waals surface area contributed by atoms with Crippen LogP contribution >= 0.6 is 15.9 Å². The minimum Gasteiger partial charge on any atom is -0.444 e. The van der Waals surface area contributed by atoms with Crippen molar-refractivity contribution in [3.8, 4) is 0 Å². The molecule has 2 aromatic rings. The van der Waals surface area contributed by atoms with Crippen LogP contribution in [0.1, 0.15) is 56.2 Å². The molecule has 14 heteroatoms. The maximum absolute atomic E-state index is 14.4. The molecule has 2 heterocycles. The zero-order valence-electron chi connectivity index (χ0n) is 27.4. The third kappa shape index (κ3) is 7.26. The molecule has 2 aliphatic heterocycles. The summed E-state index contributed by atoms with van der Waals surface area (Å²) in [5.74, 6) is -3.36. The number of carbonyl (C=O) groups excluding carboxylic acids is 4. The molecule has 0 radical (unpaired) electrons. The van der Waals surface area contributed by atoms with Gasteiger partial charge in [0.05, 0.1) is 18.3 Å². The molecule has 4 amide bonds. The van der Waals surface area contributed by atoms with Crippen molar-refractivity contribution in [1.82, 2.24) is 19.8 Å². The molecule has 0 unspecified atom stereocenters. The van der Waals surface area contributed by atoms with E-state index >= 15 is 0 Å². The first kappa shape index (κ1) is 35.1. The summed E-state index contributed by atoms with van der Waals surface area (Å²) in [6.45, 7) is 7.73. The molecule has 1 saturated heterocycles. The minimum atomic E-state index is -3.88. The summed E-state index contributed by atoms with van der Waals surface area (Å²) in [7, 11) is -3.88. The van der Waals surface area contributed by atoms with Crippen molar-refractivity contribution < 1.29 is 36.7 Å². The van der Waals surface area contributed by atoms with Gasteiger partial charge < -0.3 is 15.0 Å². The molecule has 2 aromatic carbocycles. The highest BCUT2D eigenvalue weighted by molar-refractivity contribution is 9.10. The summed E-state index contributed by atoms with van der Waals surface area (Å²) in [5.41, 5.74) is 0.489. The molecule has 6 rings (SSSR count). The van der Waals surface area contributed by atoms with Crippen LogP contribution in [0.5, 0.6) is 0 Å². The molecule has 2 aliphatic carbocycles. The molecule has 0 aromatic heterocycles. The van der Waals surface area contributed by atoms with Crippen LogP contribution in [-0.2, 0) is 48.7 Å². The van der Waals surface area contributed by atoms with Gasteiger partial charge in [-0.2, -0.15) is 0 Å². The average molecular weight is 760 g/mol. The van der Waals surface area contributed by atoms with Crippen molar-refractivity contribution >= 4 is 49.8 Å². The fourth-order valence-corrected chi connectivity index (χ4v) is 8.45. The van der Waals surface area contributed by atoms with E-state index in [1.54, 1.807) is 12.1 Å². The van der Waals surface area contributed by atoms with Crippen molar-refractivity contribution in [2.75, 3.05) is 6.54 Å². The Hall–Kier alpha value is -3.78. The van der Waals surface area contributed by atoms with Gasteiger partial charge >= 0.3 is 6.09 Å². The van der Waals surface area contributed by atoms with Crippen LogP contribution in [0.25, 0.3) is 0 Å². The fraction of sp³-hybridized carbons (Fsp3) is 0.486. The Kier molecular flexibility index (Phi) is 9.66. The number of amides is 4. The first-order valence-electron chi connectivity index (χ1n) is 16.5. The maximum Gasteiger partial charge on any atom is 0.410 e. The second kappa shape index (κ2) is 13.5. The summed E-state index contributed by atoms with van der Waals surface area (Å²) >= 11 is 3.43. The summed E-state index contributed by atoms with van der Waals surface area (Å²) < 4.78 is 48.5. The fourth-order valence-electron chi connectivity index (χ4n) is 6.82. The first-order chi connectivity index (χ1) is 23.2. The van der Waals surface area contributed by atoms with E-state index in [0.717, 1.165) is 10.0 Å². The quantitative estimate of drug-likeness (QED) is 0.328. The lowest BCUT2D eigenvalue weighted by atomic mass is 9.87. The number of nitrogens with one attached hydrogen (secondary N) is 2. The van der Waals surface area contributed by atoms with E-state index in [4.69, 9.17) is 4.74 Å². The predicted octanol–water partition coefficient (Wildman–Crippen LogP) is 4.19. The topological polar surface area (TPSA) is 142 Å². The van der Waals surface area contributed by atoms with Crippen LogP contribution in [0.3, 0.4) is 0 Å². The number of rotatable bonds is 11. The maximum atomic E-state index is 14.4. The summed E-state index contributed by atoms with van der Waals surface area (Å²) in [5, 5.41) is 2.13. The van der Waals surface area contributed by atoms with Gasteiger partial charge in [0.1, 0.15) is 23.5 Å². The molecule has 5 atom stereocenters. The highest BCUT2D eigenvalue weighted by Gasteiger charge is 2.62. The second-order valence-electron chi connectivity index (χ2n) is 13.8. The first-order valence-corrected chi connectivity index (χ1v) is 18.8. The van der Waals surface area contributed by atoms with Gasteiger partial charge in [-0.15, -0.1) is 6.58 Å². The number of likely N-dealkylation sites (tertiary alicyclic amines) is 1. The van der Waals surface area contributed by atoms with Crippen LogP contribution in [0, 0.1) is 23.6 Å². The van der Waals surface area contributed by atoms with E-state index in [2.05, 4.69) is 32.5 Å². The largest absolute Gasteiger partial charge is 0.444 e. The standard InChI is InChI=1S/C35H40BrFN4O7S/c1-4-23-16-35(23,33(44)39-49(46,47)26-12-13-26)38-31(42)30-15-25(48-34(45)40-17-22-6-5-7-29(37)28(22)19-40)18-41(30)32(43)27(20(2)3)14-21-8-10-24(36)11-9-21/h4-11,20,23,25-27,30H,1,12-19H2,2-3H3,(H,38,42)(H,39,44)/t23-,25-,27+,30+,35-/m1/s1. The number of fused-ring (bicyclic) bond motifs is 1. The molecule has 11 nitrogen and oxygen atoms in total. The second-order valence-corrected chi connectivity index (χ2v) is 16.7. The lowest BCUT2D eigenvalue weighted by Gasteiger charge is -2.31. The monoisotopic (exact) mass is 758 g/mol. The number of sulfonamides is 1. The molecule has 0 bridgehead atoms. The number of halogens is 2. The van der Waals surface area contributed by atoms with Crippen LogP contribution in [0.4, 0.5) is 9.18 Å². The van der Waals surface area contributed by atoms with Gasteiger partial charge in [0, 0.05) is 34.8 Å². The number of hydrogen-bond donors (Lipinski definition) is 2. The van der Waals surface area contributed by atoms with Crippen LogP contribution < -0.4 is 10.0 Å². The van der Waals surface area contributed by atoms with Crippen LogP contribution in [-0.4, -0.2) is 71.5 Å². The van der Waals surface area contributed by atoms with Gasteiger partial charge in [-0.1, -0.05) is 60.1 Å². The van der Waals surface area contributed by atoms with E-state index in [-0.39, 0.29) is 44.3 Å². The van der Waals surface area contributed by atoms with Crippen LogP contribution in [0.15, 0.2) is 59.6 Å². The van der Waals surface area contributed by atoms with Gasteiger partial charge in [-0.05, 0) is 60.9 Å². The van der Waals surface area contributed by atoms with Crippen molar-refractivity contribution in [3.63, 3.8) is 0 Å². The Morgan fingerprint density at radius 2 is 1.84 bits per heavy atom. The van der Waals surface area contributed by atoms with E-state index in [0.29, 0.717) is 30.4 Å². The lowest BCUT2D eigenvalue weighted by Crippen LogP contribution is -2.57. The average Bonchev–Trinajstić information content (AvgIpc) is 3.94. The van der Waals surface area contributed by atoms with E-state index in [1.165, 1.54) is 21.9 Å². The summed E-state index contributed by atoms with van der Waals surface area (Å²) in [6, 6.07) is 11.2. The number of carbonyl (C=O) groups is 4. The highest BCUT2D eigenvalue weighted by atomic mass is 79.9. The SMILES string of the molecule is C=C[C@@H]1C[C@]1(NC(=O)[C@@H]1C[C@@H](OC(=O)N2Cc3cccc(F)c3C2)CN1C(=O)[C@@H](Cc1ccc(Br)cc1)C(C)C)C(=O)NS(=O)(=O)C1CC1. The Bertz CT molecular complexity index is 1780. The Labute approximate surface area is 293 Å². The van der Waals surface area contributed by atoms with Gasteiger partial charge in [0.15, 0.2) is 0 Å². The van der Waals surface area contributed by atoms with E-state index in [9.17, 15) is 32.0 Å². The predicted molar refractivity (Wildman–Crippen MR) is 181 cm³/mol. The Balaban J connectivity index is 1.22. The molecule has 0 spiro atoms. The van der Waals surface area contributed by atoms with E-state index < -0.39 is 68.5 Å². The highest BCUT2D eigenvalue weighted by Crippen LogP contribution is 2.45. The van der Waals surface area contributed by atoms with Gasteiger partial charge in [-0.3, -0.25) is 24.0 Å². The van der Waals surface area contributed by atoms with Crippen molar-refractivity contribution in [2.24, 2.45) is 17.8 Å². The Morgan fingerprint density at radius 3 is 2.45 bits per heavy atom. The molecule has 4 aliphatic rings. The number of nitrogens with zero attached hydrogens (tertiary/aromatic N) is 2. The summed E-state index contributed by atoms with van der Waals surface area (Å²) in [6.07, 6.45) is 1.37. The molecule has 262 valence electrons. The molecule has 2 N–H and O–H groups in total. The van der Waals surface area contributed by atoms with Gasteiger partial charge in [-0.25, -0.2) is 17.6 Å². The smallest absolute Gasteiger partial charge is 0.410 e. The normalized spacial score (nSPS) is 25.0. The number of benzene rings is 2. The van der Waals surface area contributed by atoms with Crippen molar-refractivity contribution in [3.05, 3.63) is 82.1 Å². The van der Waals surface area contributed by atoms with Crippen LogP contribution in [0.2, 0.25) is 0 Å². The lowest BCUT2D eigenvalue weighted by molar-refractivity contribution is -0.143. The molecular weight excluding hydrogens is 719 g/mol. The van der Waals surface area contributed by atoms with Gasteiger partial charge in [0.25, 0.3) is 5.91 Å². The third-order valence-corrected chi connectivity index (χ3v) is 12.4. The van der Waals surface area contributed by atoms with Crippen molar-refractivity contribution in [1.29, 1.82) is 0 Å². The summed E-state index contributed by atoms with van der Waals surface area (Å²) in [4.78, 5) is 57.9. The molecule has 3 fully saturated rings. The van der Waals surface area contributed by atoms with Crippen molar-refractivity contribution in [2.45, 2.75) is 82.0 Å². The molecule has 49 heavy (non-hydrogen) atoms. The molecular formula is C35H40BrFN4O7S. The minimum absolute atomic E-state index is 0.0348. The zero-order chi connectivity index (χ0) is 35.2.